The van der Waals surface area contributed by atoms with Crippen molar-refractivity contribution in [2.45, 2.75) is 36.1 Å². The van der Waals surface area contributed by atoms with Crippen LogP contribution in [0.5, 0.6) is 0 Å². The van der Waals surface area contributed by atoms with Gasteiger partial charge in [-0.15, -0.1) is 11.8 Å². The molecule has 1 aromatic carbocycles. The van der Waals surface area contributed by atoms with Crippen LogP contribution < -0.4 is 5.32 Å². The molecule has 1 aromatic heterocycles. The Morgan fingerprint density at radius 2 is 2.08 bits per heavy atom. The fourth-order valence-corrected chi connectivity index (χ4v) is 5.51. The zero-order valence-corrected chi connectivity index (χ0v) is 16.1. The normalized spacial score (nSPS) is 21.7. The summed E-state index contributed by atoms with van der Waals surface area (Å²) in [7, 11) is -3.00. The Morgan fingerprint density at radius 3 is 2.73 bits per heavy atom. The summed E-state index contributed by atoms with van der Waals surface area (Å²) in [5.74, 6) is 0.451. The Hall–Kier alpha value is -1.80. The predicted molar refractivity (Wildman–Crippen MR) is 103 cm³/mol. The molecule has 138 valence electrons. The molecule has 1 atom stereocenters. The van der Waals surface area contributed by atoms with E-state index >= 15 is 0 Å². The lowest BCUT2D eigenvalue weighted by Gasteiger charge is -2.12. The number of benzene rings is 1. The summed E-state index contributed by atoms with van der Waals surface area (Å²) in [5, 5.41) is 7.39. The number of sulfone groups is 1. The number of thioether (sulfide) groups is 1. The summed E-state index contributed by atoms with van der Waals surface area (Å²) >= 11 is 1.61. The second-order valence-electron chi connectivity index (χ2n) is 6.92. The van der Waals surface area contributed by atoms with Crippen LogP contribution in [0.3, 0.4) is 0 Å². The van der Waals surface area contributed by atoms with Gasteiger partial charge in [0.15, 0.2) is 15.5 Å². The van der Waals surface area contributed by atoms with Crippen molar-refractivity contribution in [3.63, 3.8) is 0 Å². The standard InChI is InChI=1S/C18H21N3O3S2/c1-25-15-4-2-3-13(9-15)19-18(22)16-10-17(12-5-6-12)21(20-16)14-7-8-26(23,24)11-14/h2-4,9-10,12,14H,5-8,11H2,1H3,(H,19,22). The van der Waals surface area contributed by atoms with E-state index in [4.69, 9.17) is 0 Å². The number of anilines is 1. The van der Waals surface area contributed by atoms with Crippen LogP contribution in [0.25, 0.3) is 0 Å². The van der Waals surface area contributed by atoms with Crippen molar-refractivity contribution in [3.8, 4) is 0 Å². The molecule has 0 radical (unpaired) electrons. The maximum atomic E-state index is 12.7. The van der Waals surface area contributed by atoms with Gasteiger partial charge < -0.3 is 5.32 Å². The van der Waals surface area contributed by atoms with E-state index in [2.05, 4.69) is 10.4 Å². The zero-order chi connectivity index (χ0) is 18.3. The van der Waals surface area contributed by atoms with Gasteiger partial charge in [-0.2, -0.15) is 5.10 Å². The first-order valence-electron chi connectivity index (χ1n) is 8.70. The molecule has 0 spiro atoms. The molecule has 2 aliphatic rings. The first-order chi connectivity index (χ1) is 12.4. The van der Waals surface area contributed by atoms with Gasteiger partial charge in [0.1, 0.15) is 0 Å². The van der Waals surface area contributed by atoms with Crippen molar-refractivity contribution in [1.29, 1.82) is 0 Å². The van der Waals surface area contributed by atoms with Crippen LogP contribution in [-0.2, 0) is 9.84 Å². The Bertz CT molecular complexity index is 948. The van der Waals surface area contributed by atoms with Crippen molar-refractivity contribution >= 4 is 33.2 Å². The molecule has 26 heavy (non-hydrogen) atoms. The van der Waals surface area contributed by atoms with Crippen LogP contribution in [0.4, 0.5) is 5.69 Å². The lowest BCUT2D eigenvalue weighted by molar-refractivity contribution is 0.102. The summed E-state index contributed by atoms with van der Waals surface area (Å²) < 4.78 is 25.5. The van der Waals surface area contributed by atoms with Crippen LogP contribution >= 0.6 is 11.8 Å². The third-order valence-electron chi connectivity index (χ3n) is 4.87. The molecular formula is C18H21N3O3S2. The minimum absolute atomic E-state index is 0.116. The maximum absolute atomic E-state index is 12.7. The van der Waals surface area contributed by atoms with E-state index in [0.29, 0.717) is 18.0 Å². The fraction of sp³-hybridized carbons (Fsp3) is 0.444. The van der Waals surface area contributed by atoms with Crippen LogP contribution in [0.1, 0.15) is 47.4 Å². The molecule has 2 fully saturated rings. The molecule has 1 saturated heterocycles. The Morgan fingerprint density at radius 1 is 1.27 bits per heavy atom. The SMILES string of the molecule is CSc1cccc(NC(=O)c2cc(C3CC3)n(C3CCS(=O)(=O)C3)n2)c1. The third-order valence-corrected chi connectivity index (χ3v) is 7.35. The number of aromatic nitrogens is 2. The lowest BCUT2D eigenvalue weighted by atomic mass is 10.2. The predicted octanol–water partition coefficient (Wildman–Crippen LogP) is 3.09. The van der Waals surface area contributed by atoms with Crippen LogP contribution in [0.15, 0.2) is 35.2 Å². The Kier molecular flexibility index (Phi) is 4.56. The van der Waals surface area contributed by atoms with Gasteiger partial charge in [0, 0.05) is 22.2 Å². The molecule has 2 aromatic rings. The van der Waals surface area contributed by atoms with E-state index < -0.39 is 9.84 Å². The Balaban J connectivity index is 1.58. The zero-order valence-electron chi connectivity index (χ0n) is 14.5. The number of rotatable bonds is 5. The molecular weight excluding hydrogens is 370 g/mol. The highest BCUT2D eigenvalue weighted by Gasteiger charge is 2.36. The molecule has 8 heteroatoms. The summed E-state index contributed by atoms with van der Waals surface area (Å²) in [4.78, 5) is 13.7. The van der Waals surface area contributed by atoms with E-state index in [0.717, 1.165) is 29.1 Å². The van der Waals surface area contributed by atoms with Gasteiger partial charge in [-0.3, -0.25) is 9.48 Å². The van der Waals surface area contributed by atoms with E-state index in [1.165, 1.54) is 0 Å². The highest BCUT2D eigenvalue weighted by atomic mass is 32.2. The topological polar surface area (TPSA) is 81.1 Å². The number of nitrogens with one attached hydrogen (secondary N) is 1. The van der Waals surface area contributed by atoms with Gasteiger partial charge in [-0.25, -0.2) is 8.42 Å². The molecule has 4 rings (SSSR count). The van der Waals surface area contributed by atoms with Crippen molar-refractivity contribution in [2.75, 3.05) is 23.1 Å². The molecule has 1 aliphatic heterocycles. The van der Waals surface area contributed by atoms with Crippen molar-refractivity contribution < 1.29 is 13.2 Å². The van der Waals surface area contributed by atoms with Gasteiger partial charge in [-0.1, -0.05) is 6.07 Å². The molecule has 0 bridgehead atoms. The lowest BCUT2D eigenvalue weighted by Crippen LogP contribution is -2.17. The van der Waals surface area contributed by atoms with E-state index in [1.807, 2.05) is 36.6 Å². The summed E-state index contributed by atoms with van der Waals surface area (Å²) in [6.45, 7) is 0. The van der Waals surface area contributed by atoms with Crippen LogP contribution in [0.2, 0.25) is 0 Å². The summed E-state index contributed by atoms with van der Waals surface area (Å²) in [5.41, 5.74) is 2.08. The number of carbonyl (C=O) groups excluding carboxylic acids is 1. The summed E-state index contributed by atoms with van der Waals surface area (Å²) in [6.07, 6.45) is 4.70. The first kappa shape index (κ1) is 17.6. The summed E-state index contributed by atoms with van der Waals surface area (Å²) in [6, 6.07) is 9.33. The van der Waals surface area contributed by atoms with Gasteiger partial charge in [0.25, 0.3) is 5.91 Å². The van der Waals surface area contributed by atoms with Crippen molar-refractivity contribution in [2.24, 2.45) is 0 Å². The quantitative estimate of drug-likeness (QED) is 0.792. The minimum atomic E-state index is -3.00. The number of carbonyl (C=O) groups is 1. The minimum Gasteiger partial charge on any atom is -0.321 e. The average Bonchev–Trinajstić information content (AvgIpc) is 3.26. The highest BCUT2D eigenvalue weighted by Crippen LogP contribution is 2.42. The van der Waals surface area contributed by atoms with E-state index in [9.17, 15) is 13.2 Å². The van der Waals surface area contributed by atoms with E-state index in [1.54, 1.807) is 16.4 Å². The second-order valence-corrected chi connectivity index (χ2v) is 10.0. The van der Waals surface area contributed by atoms with Crippen molar-refractivity contribution in [3.05, 3.63) is 41.7 Å². The molecule has 1 N–H and O–H groups in total. The number of hydrogen-bond donors (Lipinski definition) is 1. The molecule has 1 unspecified atom stereocenters. The third kappa shape index (κ3) is 3.66. The molecule has 6 nitrogen and oxygen atoms in total. The maximum Gasteiger partial charge on any atom is 0.276 e. The van der Waals surface area contributed by atoms with Crippen LogP contribution in [-0.4, -0.2) is 41.9 Å². The first-order valence-corrected chi connectivity index (χ1v) is 11.7. The number of hydrogen-bond acceptors (Lipinski definition) is 5. The number of amides is 1. The fourth-order valence-electron chi connectivity index (χ4n) is 3.36. The monoisotopic (exact) mass is 391 g/mol. The highest BCUT2D eigenvalue weighted by molar-refractivity contribution is 7.98. The van der Waals surface area contributed by atoms with Gasteiger partial charge in [0.05, 0.1) is 17.5 Å². The number of nitrogens with zero attached hydrogens (tertiary/aromatic N) is 2. The van der Waals surface area contributed by atoms with E-state index in [-0.39, 0.29) is 23.5 Å². The molecule has 1 saturated carbocycles. The van der Waals surface area contributed by atoms with Gasteiger partial charge >= 0.3 is 0 Å². The van der Waals surface area contributed by atoms with Gasteiger partial charge in [-0.05, 0) is 49.8 Å². The molecule has 2 heterocycles. The average molecular weight is 392 g/mol. The Labute approximate surface area is 157 Å². The van der Waals surface area contributed by atoms with Crippen LogP contribution in [0, 0.1) is 0 Å². The largest absolute Gasteiger partial charge is 0.321 e. The molecule has 1 aliphatic carbocycles. The van der Waals surface area contributed by atoms with Crippen molar-refractivity contribution in [1.82, 2.24) is 9.78 Å². The smallest absolute Gasteiger partial charge is 0.276 e. The second kappa shape index (κ2) is 6.74. The molecule has 1 amide bonds. The van der Waals surface area contributed by atoms with Gasteiger partial charge in [0.2, 0.25) is 0 Å².